The lowest BCUT2D eigenvalue weighted by atomic mass is 10.3. The van der Waals surface area contributed by atoms with E-state index >= 15 is 0 Å². The summed E-state index contributed by atoms with van der Waals surface area (Å²) in [6.07, 6.45) is 2.89. The molecule has 0 radical (unpaired) electrons. The van der Waals surface area contributed by atoms with Crippen molar-refractivity contribution in [3.63, 3.8) is 0 Å². The third-order valence-electron chi connectivity index (χ3n) is 3.08. The van der Waals surface area contributed by atoms with E-state index in [2.05, 4.69) is 15.4 Å². The van der Waals surface area contributed by atoms with Crippen LogP contribution in [0.3, 0.4) is 0 Å². The van der Waals surface area contributed by atoms with Gasteiger partial charge in [0, 0.05) is 24.7 Å². The highest BCUT2D eigenvalue weighted by Crippen LogP contribution is 2.18. The fourth-order valence-electron chi connectivity index (χ4n) is 1.74. The van der Waals surface area contributed by atoms with Crippen LogP contribution in [0, 0.1) is 0 Å². The van der Waals surface area contributed by atoms with E-state index in [9.17, 15) is 9.59 Å². The Morgan fingerprint density at radius 1 is 1.24 bits per heavy atom. The van der Waals surface area contributed by atoms with Gasteiger partial charge in [-0.25, -0.2) is 4.79 Å². The number of nitrogens with one attached hydrogen (secondary N) is 2. The van der Waals surface area contributed by atoms with Crippen molar-refractivity contribution in [2.75, 3.05) is 25.6 Å². The van der Waals surface area contributed by atoms with Gasteiger partial charge in [-0.1, -0.05) is 0 Å². The maximum Gasteiger partial charge on any atom is 0.343 e. The van der Waals surface area contributed by atoms with Gasteiger partial charge < -0.3 is 20.1 Å². The molecule has 0 spiro atoms. The molecular weight excluding hydrogens is 272 g/mol. The molecular formula is C15H20N2O4. The molecule has 0 unspecified atom stereocenters. The van der Waals surface area contributed by atoms with E-state index in [4.69, 9.17) is 4.74 Å². The van der Waals surface area contributed by atoms with Crippen molar-refractivity contribution < 1.29 is 19.1 Å². The average Bonchev–Trinajstić information content (AvgIpc) is 3.30. The van der Waals surface area contributed by atoms with E-state index in [-0.39, 0.29) is 12.5 Å². The summed E-state index contributed by atoms with van der Waals surface area (Å²) in [6.45, 7) is 0.575. The van der Waals surface area contributed by atoms with Crippen LogP contribution < -0.4 is 15.4 Å². The van der Waals surface area contributed by atoms with Gasteiger partial charge >= 0.3 is 5.97 Å². The molecule has 1 saturated carbocycles. The second kappa shape index (κ2) is 7.64. The largest absolute Gasteiger partial charge is 0.482 e. The lowest BCUT2D eigenvalue weighted by molar-refractivity contribution is -0.142. The number of esters is 1. The highest BCUT2D eigenvalue weighted by Gasteiger charge is 2.20. The van der Waals surface area contributed by atoms with Gasteiger partial charge in [0.05, 0.1) is 7.11 Å². The standard InChI is InChI=1S/C15H20N2O4/c1-20-15(19)10-21-13-6-4-12(5-7-13)17-14(18)8-9-16-11-2-3-11/h4-7,11,16H,2-3,8-10H2,1H3,(H,17,18). The highest BCUT2D eigenvalue weighted by molar-refractivity contribution is 5.90. The Morgan fingerprint density at radius 2 is 1.95 bits per heavy atom. The van der Waals surface area contributed by atoms with E-state index in [1.165, 1.54) is 20.0 Å². The molecule has 1 aliphatic carbocycles. The third kappa shape index (κ3) is 5.83. The molecule has 0 saturated heterocycles. The zero-order chi connectivity index (χ0) is 15.1. The first-order chi connectivity index (χ1) is 10.2. The molecule has 0 heterocycles. The minimum atomic E-state index is -0.435. The number of anilines is 1. The second-order valence-electron chi connectivity index (χ2n) is 4.92. The molecule has 0 bridgehead atoms. The minimum absolute atomic E-state index is 0.0219. The van der Waals surface area contributed by atoms with Crippen LogP contribution in [0.4, 0.5) is 5.69 Å². The van der Waals surface area contributed by atoms with Crippen molar-refractivity contribution in [1.29, 1.82) is 0 Å². The molecule has 114 valence electrons. The Morgan fingerprint density at radius 3 is 2.57 bits per heavy atom. The Kier molecular flexibility index (Phi) is 5.57. The molecule has 0 aliphatic heterocycles. The molecule has 1 amide bonds. The van der Waals surface area contributed by atoms with Gasteiger partial charge in [-0.2, -0.15) is 0 Å². The molecule has 0 atom stereocenters. The number of rotatable bonds is 8. The molecule has 6 heteroatoms. The van der Waals surface area contributed by atoms with Crippen LogP contribution >= 0.6 is 0 Å². The van der Waals surface area contributed by atoms with Gasteiger partial charge in [-0.15, -0.1) is 0 Å². The molecule has 1 aromatic rings. The lowest BCUT2D eigenvalue weighted by Crippen LogP contribution is -2.23. The van der Waals surface area contributed by atoms with Crippen molar-refractivity contribution >= 4 is 17.6 Å². The summed E-state index contributed by atoms with van der Waals surface area (Å²) in [5.74, 6) is 0.0933. The maximum atomic E-state index is 11.7. The molecule has 6 nitrogen and oxygen atoms in total. The van der Waals surface area contributed by atoms with Crippen LogP contribution in [0.15, 0.2) is 24.3 Å². The first kappa shape index (κ1) is 15.3. The number of benzene rings is 1. The summed E-state index contributed by atoms with van der Waals surface area (Å²) in [7, 11) is 1.31. The fraction of sp³-hybridized carbons (Fsp3) is 0.467. The van der Waals surface area contributed by atoms with Crippen LogP contribution in [-0.4, -0.2) is 38.2 Å². The van der Waals surface area contributed by atoms with Crippen LogP contribution in [0.25, 0.3) is 0 Å². The zero-order valence-corrected chi connectivity index (χ0v) is 12.1. The molecule has 2 N–H and O–H groups in total. The van der Waals surface area contributed by atoms with Gasteiger partial charge in [0.25, 0.3) is 0 Å². The molecule has 2 rings (SSSR count). The number of amides is 1. The van der Waals surface area contributed by atoms with Crippen molar-refractivity contribution in [2.24, 2.45) is 0 Å². The van der Waals surface area contributed by atoms with Crippen LogP contribution in [0.1, 0.15) is 19.3 Å². The third-order valence-corrected chi connectivity index (χ3v) is 3.08. The number of ether oxygens (including phenoxy) is 2. The molecule has 1 aromatic carbocycles. The molecule has 21 heavy (non-hydrogen) atoms. The Balaban J connectivity index is 1.70. The normalized spacial score (nSPS) is 13.6. The molecule has 0 aromatic heterocycles. The molecule has 1 fully saturated rings. The Labute approximate surface area is 123 Å². The Hall–Kier alpha value is -2.08. The van der Waals surface area contributed by atoms with Gasteiger partial charge in [-0.3, -0.25) is 4.79 Å². The topological polar surface area (TPSA) is 76.7 Å². The summed E-state index contributed by atoms with van der Waals surface area (Å²) in [4.78, 5) is 22.6. The summed E-state index contributed by atoms with van der Waals surface area (Å²) >= 11 is 0. The minimum Gasteiger partial charge on any atom is -0.482 e. The molecule has 1 aliphatic rings. The summed E-state index contributed by atoms with van der Waals surface area (Å²) in [5, 5.41) is 6.10. The summed E-state index contributed by atoms with van der Waals surface area (Å²) in [6, 6.07) is 7.48. The maximum absolute atomic E-state index is 11.7. The predicted molar refractivity (Wildman–Crippen MR) is 78.2 cm³/mol. The van der Waals surface area contributed by atoms with Gasteiger partial charge in [0.15, 0.2) is 6.61 Å². The summed E-state index contributed by atoms with van der Waals surface area (Å²) in [5.41, 5.74) is 0.705. The highest BCUT2D eigenvalue weighted by atomic mass is 16.6. The first-order valence-corrected chi connectivity index (χ1v) is 7.00. The van der Waals surface area contributed by atoms with Crippen LogP contribution in [0.2, 0.25) is 0 Å². The predicted octanol–water partition coefficient (Wildman–Crippen LogP) is 1.32. The lowest BCUT2D eigenvalue weighted by Gasteiger charge is -2.08. The van der Waals surface area contributed by atoms with Crippen LogP contribution in [0.5, 0.6) is 5.75 Å². The second-order valence-corrected chi connectivity index (χ2v) is 4.92. The summed E-state index contributed by atoms with van der Waals surface area (Å²) < 4.78 is 9.70. The smallest absolute Gasteiger partial charge is 0.343 e. The fourth-order valence-corrected chi connectivity index (χ4v) is 1.74. The van der Waals surface area contributed by atoms with Crippen LogP contribution in [-0.2, 0) is 14.3 Å². The number of carbonyl (C=O) groups excluding carboxylic acids is 2. The van der Waals surface area contributed by atoms with Crippen molar-refractivity contribution in [3.8, 4) is 5.75 Å². The quantitative estimate of drug-likeness (QED) is 0.707. The first-order valence-electron chi connectivity index (χ1n) is 7.00. The average molecular weight is 292 g/mol. The van der Waals surface area contributed by atoms with Gasteiger partial charge in [-0.05, 0) is 37.1 Å². The SMILES string of the molecule is COC(=O)COc1ccc(NC(=O)CCNC2CC2)cc1. The number of hydrogen-bond donors (Lipinski definition) is 2. The van der Waals surface area contributed by atoms with Crippen molar-refractivity contribution in [3.05, 3.63) is 24.3 Å². The number of hydrogen-bond acceptors (Lipinski definition) is 5. The number of carbonyl (C=O) groups is 2. The zero-order valence-electron chi connectivity index (χ0n) is 12.1. The van der Waals surface area contributed by atoms with E-state index in [0.717, 1.165) is 0 Å². The number of methoxy groups -OCH3 is 1. The van der Waals surface area contributed by atoms with Crippen molar-refractivity contribution in [2.45, 2.75) is 25.3 Å². The van der Waals surface area contributed by atoms with Gasteiger partial charge in [0.1, 0.15) is 5.75 Å². The van der Waals surface area contributed by atoms with Gasteiger partial charge in [0.2, 0.25) is 5.91 Å². The van der Waals surface area contributed by atoms with E-state index in [1.54, 1.807) is 24.3 Å². The van der Waals surface area contributed by atoms with E-state index in [1.807, 2.05) is 0 Å². The Bertz CT molecular complexity index is 483. The van der Waals surface area contributed by atoms with Crippen molar-refractivity contribution in [1.82, 2.24) is 5.32 Å². The van der Waals surface area contributed by atoms with E-state index in [0.29, 0.717) is 30.4 Å². The monoisotopic (exact) mass is 292 g/mol. The van der Waals surface area contributed by atoms with E-state index < -0.39 is 5.97 Å².